The molecule has 39 heavy (non-hydrogen) atoms. The van der Waals surface area contributed by atoms with E-state index < -0.39 is 17.2 Å². The largest absolute Gasteiger partial charge is 0.443 e. The summed E-state index contributed by atoms with van der Waals surface area (Å²) in [5.41, 5.74) is 2.67. The van der Waals surface area contributed by atoms with E-state index in [1.165, 1.54) is 4.57 Å². The topological polar surface area (TPSA) is 64.4 Å². The minimum Gasteiger partial charge on any atom is -0.443 e. The molecular weight excluding hydrogens is 486 g/mol. The fourth-order valence-corrected chi connectivity index (χ4v) is 5.31. The highest BCUT2D eigenvalue weighted by Gasteiger charge is 2.44. The van der Waals surface area contributed by atoms with E-state index in [1.807, 2.05) is 39.0 Å². The zero-order chi connectivity index (χ0) is 27.5. The van der Waals surface area contributed by atoms with E-state index in [2.05, 4.69) is 82.7 Å². The maximum atomic E-state index is 13.3. The fourth-order valence-electron chi connectivity index (χ4n) is 5.31. The number of hydrogen-bond acceptors (Lipinski definition) is 5. The van der Waals surface area contributed by atoms with Crippen LogP contribution >= 0.6 is 0 Å². The van der Waals surface area contributed by atoms with Gasteiger partial charge in [-0.15, -0.1) is 0 Å². The van der Waals surface area contributed by atoms with Gasteiger partial charge in [0.25, 0.3) is 0 Å². The van der Waals surface area contributed by atoms with Crippen LogP contribution in [0.4, 0.5) is 4.79 Å². The third kappa shape index (κ3) is 5.33. The van der Waals surface area contributed by atoms with Gasteiger partial charge in [-0.05, 0) is 43.5 Å². The summed E-state index contributed by atoms with van der Waals surface area (Å²) in [5, 5.41) is 0. The molecule has 1 fully saturated rings. The van der Waals surface area contributed by atoms with Crippen molar-refractivity contribution in [1.82, 2.24) is 14.5 Å². The summed E-state index contributed by atoms with van der Waals surface area (Å²) in [6.45, 7) is 6.42. The molecule has 2 heterocycles. The van der Waals surface area contributed by atoms with Crippen LogP contribution in [-0.2, 0) is 15.1 Å². The lowest BCUT2D eigenvalue weighted by molar-refractivity contribution is -0.117. The molecule has 0 saturated carbocycles. The van der Waals surface area contributed by atoms with Crippen molar-refractivity contribution in [2.24, 2.45) is 0 Å². The van der Waals surface area contributed by atoms with Crippen molar-refractivity contribution >= 4 is 18.0 Å². The first kappa shape index (κ1) is 26.3. The molecule has 1 saturated heterocycles. The van der Waals surface area contributed by atoms with Crippen molar-refractivity contribution in [3.63, 3.8) is 0 Å². The van der Waals surface area contributed by atoms with Crippen molar-refractivity contribution in [1.29, 1.82) is 0 Å². The third-order valence-corrected chi connectivity index (χ3v) is 6.94. The van der Waals surface area contributed by atoms with Gasteiger partial charge >= 0.3 is 6.09 Å². The van der Waals surface area contributed by atoms with E-state index in [9.17, 15) is 9.59 Å². The van der Waals surface area contributed by atoms with Crippen molar-refractivity contribution in [2.45, 2.75) is 38.3 Å². The first-order valence-electron chi connectivity index (χ1n) is 13.2. The van der Waals surface area contributed by atoms with Crippen LogP contribution in [0.15, 0.2) is 109 Å². The number of nitrogens with zero attached hydrogens (tertiary/aromatic N) is 3. The monoisotopic (exact) mass is 519 g/mol. The van der Waals surface area contributed by atoms with Gasteiger partial charge in [-0.1, -0.05) is 91.0 Å². The number of hydrogen-bond donors (Lipinski definition) is 0. The Hall–Kier alpha value is -4.29. The number of rotatable bonds is 5. The molecule has 0 amide bonds. The van der Waals surface area contributed by atoms with E-state index in [0.29, 0.717) is 30.9 Å². The second-order valence-electron chi connectivity index (χ2n) is 10.7. The molecule has 0 N–H and O–H groups in total. The molecule has 1 aliphatic rings. The number of aromatic nitrogens is 2. The number of carbonyl (C=O) groups excluding carboxylic acids is 2. The lowest BCUT2D eigenvalue weighted by Crippen LogP contribution is -2.52. The molecule has 4 aromatic rings. The molecule has 6 nitrogen and oxygen atoms in total. The minimum absolute atomic E-state index is 0.0491. The zero-order valence-electron chi connectivity index (χ0n) is 22.6. The number of likely N-dealkylation sites (tertiary alicyclic amines) is 1. The molecule has 0 unspecified atom stereocenters. The number of benzene rings is 3. The maximum Gasteiger partial charge on any atom is 0.420 e. The molecule has 5 rings (SSSR count). The molecule has 0 aliphatic carbocycles. The fraction of sp³-hybridized carbons (Fsp3) is 0.242. The number of carbonyl (C=O) groups is 2. The molecule has 0 bridgehead atoms. The zero-order valence-corrected chi connectivity index (χ0v) is 22.6. The Bertz CT molecular complexity index is 1370. The van der Waals surface area contributed by atoms with Crippen molar-refractivity contribution in [3.8, 4) is 0 Å². The van der Waals surface area contributed by atoms with Gasteiger partial charge in [0.1, 0.15) is 11.4 Å². The Labute approximate surface area is 229 Å². The Balaban J connectivity index is 1.63. The molecule has 0 atom stereocenters. The Morgan fingerprint density at radius 2 is 1.36 bits per heavy atom. The van der Waals surface area contributed by atoms with Gasteiger partial charge in [0.05, 0.1) is 5.54 Å². The van der Waals surface area contributed by atoms with Gasteiger partial charge in [0.15, 0.2) is 5.78 Å². The Kier molecular flexibility index (Phi) is 7.31. The van der Waals surface area contributed by atoms with Gasteiger partial charge in [-0.2, -0.15) is 0 Å². The third-order valence-electron chi connectivity index (χ3n) is 6.94. The maximum absolute atomic E-state index is 13.3. The summed E-state index contributed by atoms with van der Waals surface area (Å²) in [6, 6.07) is 31.3. The second-order valence-corrected chi connectivity index (χ2v) is 10.7. The van der Waals surface area contributed by atoms with Gasteiger partial charge in [0.2, 0.25) is 0 Å². The second kappa shape index (κ2) is 10.8. The van der Waals surface area contributed by atoms with Crippen LogP contribution in [0.2, 0.25) is 0 Å². The van der Waals surface area contributed by atoms with E-state index >= 15 is 0 Å². The highest BCUT2D eigenvalue weighted by atomic mass is 16.6. The average molecular weight is 520 g/mol. The van der Waals surface area contributed by atoms with Gasteiger partial charge in [-0.3, -0.25) is 9.69 Å². The molecule has 1 aromatic heterocycles. The minimum atomic E-state index is -0.649. The molecule has 0 spiro atoms. The molecule has 6 heteroatoms. The van der Waals surface area contributed by atoms with Crippen molar-refractivity contribution in [3.05, 3.63) is 131 Å². The smallest absolute Gasteiger partial charge is 0.420 e. The van der Waals surface area contributed by atoms with E-state index in [1.54, 1.807) is 18.5 Å². The van der Waals surface area contributed by atoms with E-state index in [-0.39, 0.29) is 5.78 Å². The van der Waals surface area contributed by atoms with Gasteiger partial charge in [-0.25, -0.2) is 14.3 Å². The Morgan fingerprint density at radius 1 is 0.846 bits per heavy atom. The molecule has 1 aliphatic heterocycles. The number of piperidine rings is 1. The molecule has 198 valence electrons. The molecule has 3 aromatic carbocycles. The quantitative estimate of drug-likeness (QED) is 0.228. The van der Waals surface area contributed by atoms with Crippen molar-refractivity contribution in [2.75, 3.05) is 13.1 Å². The summed E-state index contributed by atoms with van der Waals surface area (Å²) < 4.78 is 6.90. The average Bonchev–Trinajstić information content (AvgIpc) is 3.40. The number of ether oxygens (including phenoxy) is 1. The number of imidazole rings is 1. The SMILES string of the molecule is CC(C)(C)OC(=O)n1ccnc1/C=C1/CN(C(c2ccccc2)(c2ccccc2)c2ccccc2)CCC1=O. The predicted octanol–water partition coefficient (Wildman–Crippen LogP) is 6.32. The van der Waals surface area contributed by atoms with Crippen LogP contribution in [0.5, 0.6) is 0 Å². The summed E-state index contributed by atoms with van der Waals surface area (Å²) >= 11 is 0. The van der Waals surface area contributed by atoms with Crippen LogP contribution < -0.4 is 0 Å². The molecule has 0 radical (unpaired) electrons. The van der Waals surface area contributed by atoms with Gasteiger partial charge < -0.3 is 4.74 Å². The lowest BCUT2D eigenvalue weighted by Gasteiger charge is -2.47. The van der Waals surface area contributed by atoms with Crippen LogP contribution in [0.1, 0.15) is 49.7 Å². The van der Waals surface area contributed by atoms with E-state index in [0.717, 1.165) is 16.7 Å². The summed E-state index contributed by atoms with van der Waals surface area (Å²) in [5.74, 6) is 0.423. The number of ketones is 1. The Morgan fingerprint density at radius 3 is 1.85 bits per heavy atom. The summed E-state index contributed by atoms with van der Waals surface area (Å²) in [6.07, 6.45) is 4.66. The lowest BCUT2D eigenvalue weighted by atomic mass is 9.74. The van der Waals surface area contributed by atoms with Crippen LogP contribution in [0.25, 0.3) is 6.08 Å². The normalized spacial score (nSPS) is 15.9. The summed E-state index contributed by atoms with van der Waals surface area (Å²) in [4.78, 5) is 32.8. The standard InChI is InChI=1S/C33H33N3O3/c1-32(2,3)39-31(38)36-22-20-34-30(36)23-25-24-35(21-19-29(25)37)33(26-13-7-4-8-14-26,27-15-9-5-10-16-27)28-17-11-6-12-18-28/h4-18,20,22-23H,19,21,24H2,1-3H3/b25-23-. The highest BCUT2D eigenvalue weighted by Crippen LogP contribution is 2.44. The predicted molar refractivity (Wildman–Crippen MR) is 152 cm³/mol. The number of Topliss-reactive ketones (excluding diaryl/α,β-unsaturated/α-hetero) is 1. The van der Waals surface area contributed by atoms with Gasteiger partial charge in [0, 0.05) is 37.5 Å². The molecular formula is C33H33N3O3. The van der Waals surface area contributed by atoms with Crippen LogP contribution in [0, 0.1) is 0 Å². The summed E-state index contributed by atoms with van der Waals surface area (Å²) in [7, 11) is 0. The van der Waals surface area contributed by atoms with Crippen LogP contribution in [-0.4, -0.2) is 45.0 Å². The first-order chi connectivity index (χ1) is 18.8. The highest BCUT2D eigenvalue weighted by molar-refractivity contribution is 6.00. The van der Waals surface area contributed by atoms with E-state index in [4.69, 9.17) is 4.74 Å². The van der Waals surface area contributed by atoms with Crippen molar-refractivity contribution < 1.29 is 14.3 Å². The first-order valence-corrected chi connectivity index (χ1v) is 13.2. The van der Waals surface area contributed by atoms with Crippen LogP contribution in [0.3, 0.4) is 0 Å².